The van der Waals surface area contributed by atoms with Gasteiger partial charge in [0.15, 0.2) is 0 Å². The lowest BCUT2D eigenvalue weighted by Gasteiger charge is -2.24. The molecule has 0 aromatic heterocycles. The first-order valence-electron chi connectivity index (χ1n) is 6.76. The molecule has 3 heteroatoms. The van der Waals surface area contributed by atoms with E-state index in [4.69, 9.17) is 0 Å². The van der Waals surface area contributed by atoms with Gasteiger partial charge in [0.05, 0.1) is 6.04 Å². The molecule has 0 aromatic carbocycles. The quantitative estimate of drug-likeness (QED) is 0.722. The average Bonchev–Trinajstić information content (AvgIpc) is 2.29. The van der Waals surface area contributed by atoms with Gasteiger partial charge in [-0.2, -0.15) is 0 Å². The minimum Gasteiger partial charge on any atom is -0.352 e. The molecule has 0 heterocycles. The van der Waals surface area contributed by atoms with Gasteiger partial charge in [0.2, 0.25) is 5.91 Å². The summed E-state index contributed by atoms with van der Waals surface area (Å²) in [6.45, 7) is 6.82. The summed E-state index contributed by atoms with van der Waals surface area (Å²) in [6.07, 6.45) is 8.22. The van der Waals surface area contributed by atoms with Gasteiger partial charge in [0.1, 0.15) is 0 Å². The normalized spacial score (nSPS) is 18.5. The second kappa shape index (κ2) is 7.49. The van der Waals surface area contributed by atoms with Crippen molar-refractivity contribution in [2.24, 2.45) is 0 Å². The summed E-state index contributed by atoms with van der Waals surface area (Å²) in [5, 5.41) is 6.35. The molecule has 1 fully saturated rings. The molecule has 1 aliphatic carbocycles. The molecule has 0 bridgehead atoms. The van der Waals surface area contributed by atoms with Crippen LogP contribution in [0.3, 0.4) is 0 Å². The summed E-state index contributed by atoms with van der Waals surface area (Å²) in [5.41, 5.74) is 1.28. The second-order valence-corrected chi connectivity index (χ2v) is 5.25. The maximum atomic E-state index is 11.9. The number of carbonyl (C=O) groups excluding carboxylic acids is 1. The number of allylic oxidation sites excluding steroid dienone is 1. The fourth-order valence-electron chi connectivity index (χ4n) is 2.11. The molecule has 1 saturated carbocycles. The Balaban J connectivity index is 2.23. The van der Waals surface area contributed by atoms with Gasteiger partial charge >= 0.3 is 0 Å². The zero-order valence-corrected chi connectivity index (χ0v) is 11.4. The van der Waals surface area contributed by atoms with Crippen molar-refractivity contribution in [3.05, 3.63) is 11.6 Å². The Morgan fingerprint density at radius 3 is 2.53 bits per heavy atom. The SMILES string of the molecule is CC(C)=CCNC(C)C(=O)NC1CCCCC1. The first-order chi connectivity index (χ1) is 8.09. The molecule has 3 nitrogen and oxygen atoms in total. The molecule has 1 rings (SSSR count). The first kappa shape index (κ1) is 14.2. The van der Waals surface area contributed by atoms with Crippen molar-refractivity contribution < 1.29 is 4.79 Å². The van der Waals surface area contributed by atoms with Gasteiger partial charge in [-0.3, -0.25) is 4.79 Å². The molecule has 1 aliphatic rings. The fourth-order valence-corrected chi connectivity index (χ4v) is 2.11. The van der Waals surface area contributed by atoms with E-state index < -0.39 is 0 Å². The number of hydrogen-bond acceptors (Lipinski definition) is 2. The summed E-state index contributed by atoms with van der Waals surface area (Å²) >= 11 is 0. The third-order valence-corrected chi connectivity index (χ3v) is 3.28. The molecule has 2 N–H and O–H groups in total. The topological polar surface area (TPSA) is 41.1 Å². The van der Waals surface area contributed by atoms with Gasteiger partial charge in [-0.25, -0.2) is 0 Å². The average molecular weight is 238 g/mol. The highest BCUT2D eigenvalue weighted by molar-refractivity contribution is 5.81. The highest BCUT2D eigenvalue weighted by Gasteiger charge is 2.18. The van der Waals surface area contributed by atoms with Crippen molar-refractivity contribution in [2.45, 2.75) is 65.0 Å². The van der Waals surface area contributed by atoms with Crippen molar-refractivity contribution >= 4 is 5.91 Å². The van der Waals surface area contributed by atoms with Crippen LogP contribution in [0.25, 0.3) is 0 Å². The second-order valence-electron chi connectivity index (χ2n) is 5.25. The molecule has 0 radical (unpaired) electrons. The van der Waals surface area contributed by atoms with Crippen LogP contribution in [0.5, 0.6) is 0 Å². The maximum absolute atomic E-state index is 11.9. The van der Waals surface area contributed by atoms with Crippen LogP contribution in [0.4, 0.5) is 0 Å². The Kier molecular flexibility index (Phi) is 6.27. The molecule has 0 saturated heterocycles. The Morgan fingerprint density at radius 2 is 1.94 bits per heavy atom. The summed E-state index contributed by atoms with van der Waals surface area (Å²) in [6, 6.07) is 0.302. The third-order valence-electron chi connectivity index (χ3n) is 3.28. The van der Waals surface area contributed by atoms with Gasteiger partial charge in [0.25, 0.3) is 0 Å². The molecule has 1 unspecified atom stereocenters. The molecule has 0 aromatic rings. The number of carbonyl (C=O) groups is 1. The highest BCUT2D eigenvalue weighted by atomic mass is 16.2. The van der Waals surface area contributed by atoms with Crippen LogP contribution in [0.1, 0.15) is 52.9 Å². The van der Waals surface area contributed by atoms with E-state index in [-0.39, 0.29) is 11.9 Å². The molecule has 98 valence electrons. The highest BCUT2D eigenvalue weighted by Crippen LogP contribution is 2.17. The van der Waals surface area contributed by atoms with E-state index in [9.17, 15) is 4.79 Å². The van der Waals surface area contributed by atoms with Crippen molar-refractivity contribution in [3.63, 3.8) is 0 Å². The van der Waals surface area contributed by atoms with E-state index in [1.165, 1.54) is 24.8 Å². The van der Waals surface area contributed by atoms with Crippen molar-refractivity contribution in [3.8, 4) is 0 Å². The van der Waals surface area contributed by atoms with Crippen molar-refractivity contribution in [1.29, 1.82) is 0 Å². The zero-order chi connectivity index (χ0) is 12.7. The van der Waals surface area contributed by atoms with Crippen molar-refractivity contribution in [2.75, 3.05) is 6.54 Å². The van der Waals surface area contributed by atoms with Gasteiger partial charge in [-0.05, 0) is 33.6 Å². The molecular formula is C14H26N2O. The van der Waals surface area contributed by atoms with E-state index in [0.29, 0.717) is 6.04 Å². The van der Waals surface area contributed by atoms with Crippen molar-refractivity contribution in [1.82, 2.24) is 10.6 Å². The van der Waals surface area contributed by atoms with E-state index in [0.717, 1.165) is 19.4 Å². The molecule has 0 aliphatic heterocycles. The number of amides is 1. The number of rotatable bonds is 5. The van der Waals surface area contributed by atoms with Crippen LogP contribution < -0.4 is 10.6 Å². The predicted molar refractivity (Wildman–Crippen MR) is 71.9 cm³/mol. The smallest absolute Gasteiger partial charge is 0.237 e. The Labute approximate surface area is 105 Å². The van der Waals surface area contributed by atoms with E-state index in [2.05, 4.69) is 30.6 Å². The molecule has 1 atom stereocenters. The lowest BCUT2D eigenvalue weighted by atomic mass is 9.95. The van der Waals surface area contributed by atoms with E-state index in [1.54, 1.807) is 0 Å². The lowest BCUT2D eigenvalue weighted by molar-refractivity contribution is -0.123. The van der Waals surface area contributed by atoms with Crippen LogP contribution >= 0.6 is 0 Å². The fraction of sp³-hybridized carbons (Fsp3) is 0.786. The standard InChI is InChI=1S/C14H26N2O/c1-11(2)9-10-15-12(3)14(17)16-13-7-5-4-6-8-13/h9,12-13,15H,4-8,10H2,1-3H3,(H,16,17). The lowest BCUT2D eigenvalue weighted by Crippen LogP contribution is -2.46. The number of nitrogens with one attached hydrogen (secondary N) is 2. The first-order valence-corrected chi connectivity index (χ1v) is 6.76. The van der Waals surface area contributed by atoms with E-state index in [1.807, 2.05) is 6.92 Å². The van der Waals surface area contributed by atoms with Crippen LogP contribution in [-0.4, -0.2) is 24.5 Å². The molecular weight excluding hydrogens is 212 g/mol. The Morgan fingerprint density at radius 1 is 1.29 bits per heavy atom. The molecule has 17 heavy (non-hydrogen) atoms. The molecule has 0 spiro atoms. The van der Waals surface area contributed by atoms with Crippen LogP contribution in [-0.2, 0) is 4.79 Å². The summed E-state index contributed by atoms with van der Waals surface area (Å²) < 4.78 is 0. The van der Waals surface area contributed by atoms with Crippen LogP contribution in [0, 0.1) is 0 Å². The Bertz CT molecular complexity index is 263. The maximum Gasteiger partial charge on any atom is 0.237 e. The van der Waals surface area contributed by atoms with Crippen LogP contribution in [0.15, 0.2) is 11.6 Å². The minimum absolute atomic E-state index is 0.104. The number of hydrogen-bond donors (Lipinski definition) is 2. The van der Waals surface area contributed by atoms with Gasteiger partial charge in [0, 0.05) is 12.6 Å². The summed E-state index contributed by atoms with van der Waals surface area (Å²) in [4.78, 5) is 11.9. The Hall–Kier alpha value is -0.830. The largest absolute Gasteiger partial charge is 0.352 e. The molecule has 1 amide bonds. The summed E-state index contributed by atoms with van der Waals surface area (Å²) in [5.74, 6) is 0.138. The van der Waals surface area contributed by atoms with Gasteiger partial charge in [-0.1, -0.05) is 30.9 Å². The van der Waals surface area contributed by atoms with Gasteiger partial charge in [-0.15, -0.1) is 0 Å². The van der Waals surface area contributed by atoms with Gasteiger partial charge < -0.3 is 10.6 Å². The monoisotopic (exact) mass is 238 g/mol. The zero-order valence-electron chi connectivity index (χ0n) is 11.4. The predicted octanol–water partition coefficient (Wildman–Crippen LogP) is 2.38. The summed E-state index contributed by atoms with van der Waals surface area (Å²) in [7, 11) is 0. The minimum atomic E-state index is -0.104. The van der Waals surface area contributed by atoms with E-state index >= 15 is 0 Å². The van der Waals surface area contributed by atoms with Crippen LogP contribution in [0.2, 0.25) is 0 Å². The third kappa shape index (κ3) is 5.87.